The highest BCUT2D eigenvalue weighted by Crippen LogP contribution is 2.40. The van der Waals surface area contributed by atoms with Crippen LogP contribution in [0.3, 0.4) is 0 Å². The molecule has 1 aliphatic heterocycles. The molecule has 0 aliphatic carbocycles. The molecule has 5 heteroatoms. The highest BCUT2D eigenvalue weighted by Gasteiger charge is 2.43. The summed E-state index contributed by atoms with van der Waals surface area (Å²) in [6.45, 7) is 11.2. The third kappa shape index (κ3) is 4.78. The van der Waals surface area contributed by atoms with E-state index in [0.29, 0.717) is 35.6 Å². The molecule has 1 unspecified atom stereocenters. The number of carbonyl (C=O) groups excluding carboxylic acids is 1. The van der Waals surface area contributed by atoms with Crippen molar-refractivity contribution in [1.82, 2.24) is 4.90 Å². The zero-order valence-electron chi connectivity index (χ0n) is 22.1. The molecule has 37 heavy (non-hydrogen) atoms. The summed E-state index contributed by atoms with van der Waals surface area (Å²) in [7, 11) is 0. The Balaban J connectivity index is 1.65. The van der Waals surface area contributed by atoms with Crippen molar-refractivity contribution in [2.75, 3.05) is 6.61 Å². The van der Waals surface area contributed by atoms with Crippen molar-refractivity contribution in [3.63, 3.8) is 0 Å². The number of ether oxygens (including phenoxy) is 1. The van der Waals surface area contributed by atoms with Crippen molar-refractivity contribution < 1.29 is 13.9 Å². The predicted octanol–water partition coefficient (Wildman–Crippen LogP) is 6.89. The Morgan fingerprint density at radius 2 is 1.70 bits per heavy atom. The summed E-state index contributed by atoms with van der Waals surface area (Å²) < 4.78 is 12.2. The van der Waals surface area contributed by atoms with E-state index in [9.17, 15) is 9.59 Å². The second kappa shape index (κ2) is 9.89. The van der Waals surface area contributed by atoms with Gasteiger partial charge in [-0.1, -0.05) is 61.9 Å². The summed E-state index contributed by atoms with van der Waals surface area (Å²) in [5.41, 5.74) is 5.52. The highest BCUT2D eigenvalue weighted by atomic mass is 16.5. The number of hydrogen-bond donors (Lipinski definition) is 0. The predicted molar refractivity (Wildman–Crippen MR) is 146 cm³/mol. The van der Waals surface area contributed by atoms with E-state index in [2.05, 4.69) is 13.8 Å². The lowest BCUT2D eigenvalue weighted by Gasteiger charge is -2.25. The number of rotatable bonds is 7. The first kappa shape index (κ1) is 24.8. The number of hydrogen-bond acceptors (Lipinski definition) is 4. The number of nitrogens with zero attached hydrogens (tertiary/aromatic N) is 1. The van der Waals surface area contributed by atoms with Gasteiger partial charge in [0.05, 0.1) is 23.6 Å². The molecule has 5 rings (SSSR count). The summed E-state index contributed by atoms with van der Waals surface area (Å²) in [6.07, 6.45) is 0.947. The van der Waals surface area contributed by atoms with E-state index in [0.717, 1.165) is 40.0 Å². The standard InChI is InChI=1S/C32H33NO4/c1-19(2)13-14-36-25-8-6-7-24(17-25)28-27-29(34)26-16-21(4)15-22(5)30(26)37-31(27)32(35)33(28)18-23-11-9-20(3)10-12-23/h6-12,15-17,19,28H,13-14,18H2,1-5H3. The van der Waals surface area contributed by atoms with E-state index < -0.39 is 6.04 Å². The molecule has 0 saturated carbocycles. The van der Waals surface area contributed by atoms with Crippen LogP contribution in [0.4, 0.5) is 0 Å². The lowest BCUT2D eigenvalue weighted by Crippen LogP contribution is -2.29. The fourth-order valence-corrected chi connectivity index (χ4v) is 5.06. The zero-order valence-corrected chi connectivity index (χ0v) is 22.1. The van der Waals surface area contributed by atoms with Crippen molar-refractivity contribution in [1.29, 1.82) is 0 Å². The number of benzene rings is 3. The SMILES string of the molecule is Cc1ccc(CN2C(=O)c3oc4c(C)cc(C)cc4c(=O)c3C2c2cccc(OCCC(C)C)c2)cc1. The molecule has 4 aromatic rings. The lowest BCUT2D eigenvalue weighted by atomic mass is 9.97. The van der Waals surface area contributed by atoms with E-state index in [4.69, 9.17) is 9.15 Å². The Bertz CT molecular complexity index is 1530. The van der Waals surface area contributed by atoms with Crippen molar-refractivity contribution in [2.24, 2.45) is 5.92 Å². The summed E-state index contributed by atoms with van der Waals surface area (Å²) in [6, 6.07) is 19.1. The molecule has 0 N–H and O–H groups in total. The van der Waals surface area contributed by atoms with Gasteiger partial charge in [0.1, 0.15) is 11.3 Å². The van der Waals surface area contributed by atoms with Gasteiger partial charge in [-0.15, -0.1) is 0 Å². The fraction of sp³-hybridized carbons (Fsp3) is 0.312. The molecular formula is C32H33NO4. The van der Waals surface area contributed by atoms with Crippen LogP contribution in [0.5, 0.6) is 5.75 Å². The van der Waals surface area contributed by atoms with Crippen LogP contribution >= 0.6 is 0 Å². The number of fused-ring (bicyclic) bond motifs is 2. The Kier molecular flexibility index (Phi) is 6.63. The van der Waals surface area contributed by atoms with Crippen LogP contribution in [0.2, 0.25) is 0 Å². The minimum absolute atomic E-state index is 0.132. The average molecular weight is 496 g/mol. The van der Waals surface area contributed by atoms with Gasteiger partial charge in [0.25, 0.3) is 5.91 Å². The normalized spacial score (nSPS) is 15.0. The van der Waals surface area contributed by atoms with Gasteiger partial charge in [-0.25, -0.2) is 0 Å². The highest BCUT2D eigenvalue weighted by molar-refractivity contribution is 5.99. The maximum absolute atomic E-state index is 14.0. The van der Waals surface area contributed by atoms with Crippen LogP contribution in [0.25, 0.3) is 11.0 Å². The molecule has 0 fully saturated rings. The van der Waals surface area contributed by atoms with E-state index in [1.807, 2.05) is 81.4 Å². The van der Waals surface area contributed by atoms with Crippen LogP contribution in [-0.2, 0) is 6.54 Å². The Morgan fingerprint density at radius 1 is 0.946 bits per heavy atom. The van der Waals surface area contributed by atoms with Gasteiger partial charge in [0.15, 0.2) is 5.43 Å². The number of amides is 1. The van der Waals surface area contributed by atoms with Gasteiger partial charge >= 0.3 is 0 Å². The minimum atomic E-state index is -0.570. The minimum Gasteiger partial charge on any atom is -0.494 e. The van der Waals surface area contributed by atoms with Crippen molar-refractivity contribution in [2.45, 2.75) is 53.6 Å². The summed E-state index contributed by atoms with van der Waals surface area (Å²) in [5, 5.41) is 0.510. The van der Waals surface area contributed by atoms with Crippen molar-refractivity contribution in [3.8, 4) is 5.75 Å². The molecule has 0 saturated heterocycles. The van der Waals surface area contributed by atoms with Crippen LogP contribution in [-0.4, -0.2) is 17.4 Å². The van der Waals surface area contributed by atoms with Crippen LogP contribution in [0, 0.1) is 26.7 Å². The molecule has 1 atom stereocenters. The number of aryl methyl sites for hydroxylation is 3. The molecule has 0 bridgehead atoms. The molecular weight excluding hydrogens is 462 g/mol. The summed E-state index contributed by atoms with van der Waals surface area (Å²) in [5.74, 6) is 1.13. The molecule has 1 aliphatic rings. The molecule has 2 heterocycles. The first-order chi connectivity index (χ1) is 17.7. The quantitative estimate of drug-likeness (QED) is 0.280. The fourth-order valence-electron chi connectivity index (χ4n) is 5.06. The third-order valence-corrected chi connectivity index (χ3v) is 7.01. The molecule has 0 spiro atoms. The molecule has 3 aromatic carbocycles. The van der Waals surface area contributed by atoms with Gasteiger partial charge in [0, 0.05) is 6.54 Å². The first-order valence-corrected chi connectivity index (χ1v) is 12.9. The lowest BCUT2D eigenvalue weighted by molar-refractivity contribution is 0.0714. The van der Waals surface area contributed by atoms with Gasteiger partial charge < -0.3 is 14.1 Å². The van der Waals surface area contributed by atoms with Crippen LogP contribution in [0.1, 0.15) is 70.2 Å². The zero-order chi connectivity index (χ0) is 26.3. The topological polar surface area (TPSA) is 59.8 Å². The van der Waals surface area contributed by atoms with Gasteiger partial charge in [-0.2, -0.15) is 0 Å². The van der Waals surface area contributed by atoms with E-state index in [1.165, 1.54) is 0 Å². The van der Waals surface area contributed by atoms with E-state index in [-0.39, 0.29) is 17.1 Å². The maximum atomic E-state index is 14.0. The Hall–Kier alpha value is -3.86. The van der Waals surface area contributed by atoms with E-state index in [1.54, 1.807) is 4.90 Å². The Morgan fingerprint density at radius 3 is 2.43 bits per heavy atom. The molecule has 1 aromatic heterocycles. The van der Waals surface area contributed by atoms with Gasteiger partial charge in [-0.05, 0) is 73.6 Å². The molecule has 1 amide bonds. The monoisotopic (exact) mass is 495 g/mol. The average Bonchev–Trinajstić information content (AvgIpc) is 3.13. The molecule has 5 nitrogen and oxygen atoms in total. The maximum Gasteiger partial charge on any atom is 0.291 e. The number of carbonyl (C=O) groups is 1. The largest absolute Gasteiger partial charge is 0.494 e. The van der Waals surface area contributed by atoms with Gasteiger partial charge in [0.2, 0.25) is 5.76 Å². The third-order valence-electron chi connectivity index (χ3n) is 7.01. The Labute approximate surface area is 217 Å². The molecule has 0 radical (unpaired) electrons. The van der Waals surface area contributed by atoms with E-state index >= 15 is 0 Å². The first-order valence-electron chi connectivity index (χ1n) is 12.9. The van der Waals surface area contributed by atoms with Crippen LogP contribution in [0.15, 0.2) is 69.9 Å². The van der Waals surface area contributed by atoms with Crippen LogP contribution < -0.4 is 10.2 Å². The van der Waals surface area contributed by atoms with Crippen molar-refractivity contribution in [3.05, 3.63) is 110 Å². The molecule has 190 valence electrons. The smallest absolute Gasteiger partial charge is 0.291 e. The summed E-state index contributed by atoms with van der Waals surface area (Å²) in [4.78, 5) is 29.5. The van der Waals surface area contributed by atoms with Crippen molar-refractivity contribution >= 4 is 16.9 Å². The van der Waals surface area contributed by atoms with Gasteiger partial charge in [-0.3, -0.25) is 9.59 Å². The second-order valence-electron chi connectivity index (χ2n) is 10.6. The summed E-state index contributed by atoms with van der Waals surface area (Å²) >= 11 is 0. The second-order valence-corrected chi connectivity index (χ2v) is 10.6.